The standard InChI is InChI=1S/C34H34FNO4/c1-24(26-11-7-4-8-12-26)36-32(27-13-19-30(20-14-27)40-23-25-9-5-3-6-10-25)31(33(37)39-2)21-22-34(36,38)28-15-17-29(35)18-16-28/h3-20,24,31-32,38H,21-23H2,1-2H3/t24-,31+,32-,34?/m1/s1. The number of rotatable bonds is 8. The van der Waals surface area contributed by atoms with Gasteiger partial charge in [0.15, 0.2) is 0 Å². The third-order valence-electron chi connectivity index (χ3n) is 7.89. The summed E-state index contributed by atoms with van der Waals surface area (Å²) in [6.45, 7) is 2.46. The van der Waals surface area contributed by atoms with Crippen LogP contribution in [0.1, 0.15) is 54.1 Å². The van der Waals surface area contributed by atoms with Crippen molar-refractivity contribution in [3.63, 3.8) is 0 Å². The summed E-state index contributed by atoms with van der Waals surface area (Å²) in [5.41, 5.74) is 2.03. The summed E-state index contributed by atoms with van der Waals surface area (Å²) in [6, 6.07) is 32.6. The number of carbonyl (C=O) groups excluding carboxylic acids is 1. The molecule has 1 aliphatic heterocycles. The number of methoxy groups -OCH3 is 1. The van der Waals surface area contributed by atoms with E-state index in [0.717, 1.165) is 16.7 Å². The Morgan fingerprint density at radius 3 is 2.20 bits per heavy atom. The zero-order valence-electron chi connectivity index (χ0n) is 22.7. The molecule has 0 saturated carbocycles. The molecule has 4 aromatic carbocycles. The Morgan fingerprint density at radius 2 is 1.57 bits per heavy atom. The van der Waals surface area contributed by atoms with Crippen molar-refractivity contribution in [2.45, 2.75) is 44.2 Å². The van der Waals surface area contributed by atoms with Gasteiger partial charge in [-0.05, 0) is 66.3 Å². The van der Waals surface area contributed by atoms with Crippen LogP contribution in [0.4, 0.5) is 4.39 Å². The summed E-state index contributed by atoms with van der Waals surface area (Å²) in [4.78, 5) is 15.2. The van der Waals surface area contributed by atoms with Crippen molar-refractivity contribution in [3.05, 3.63) is 137 Å². The molecule has 0 bridgehead atoms. The first-order valence-corrected chi connectivity index (χ1v) is 13.6. The maximum absolute atomic E-state index is 13.9. The van der Waals surface area contributed by atoms with Gasteiger partial charge in [0, 0.05) is 6.04 Å². The highest BCUT2D eigenvalue weighted by atomic mass is 19.1. The highest BCUT2D eigenvalue weighted by molar-refractivity contribution is 5.74. The number of benzene rings is 4. The summed E-state index contributed by atoms with van der Waals surface area (Å²) in [5.74, 6) is -0.524. The zero-order chi connectivity index (χ0) is 28.1. The van der Waals surface area contributed by atoms with E-state index in [1.54, 1.807) is 12.1 Å². The lowest BCUT2D eigenvalue weighted by Crippen LogP contribution is -2.55. The fourth-order valence-electron chi connectivity index (χ4n) is 5.82. The summed E-state index contributed by atoms with van der Waals surface area (Å²) >= 11 is 0. The molecule has 1 unspecified atom stereocenters. The van der Waals surface area contributed by atoms with Crippen LogP contribution in [0.2, 0.25) is 0 Å². The molecule has 6 heteroatoms. The van der Waals surface area contributed by atoms with Gasteiger partial charge in [0.1, 0.15) is 23.9 Å². The number of ether oxygens (including phenoxy) is 2. The predicted molar refractivity (Wildman–Crippen MR) is 152 cm³/mol. The summed E-state index contributed by atoms with van der Waals surface area (Å²) in [6.07, 6.45) is 0.680. The first-order valence-electron chi connectivity index (χ1n) is 13.6. The molecule has 1 saturated heterocycles. The molecule has 0 aromatic heterocycles. The molecule has 4 atom stereocenters. The number of likely N-dealkylation sites (tertiary alicyclic amines) is 1. The third-order valence-corrected chi connectivity index (χ3v) is 7.89. The van der Waals surface area contributed by atoms with Gasteiger partial charge in [-0.15, -0.1) is 0 Å². The van der Waals surface area contributed by atoms with E-state index in [1.165, 1.54) is 19.2 Å². The van der Waals surface area contributed by atoms with Crippen molar-refractivity contribution in [3.8, 4) is 5.75 Å². The minimum Gasteiger partial charge on any atom is -0.489 e. The number of nitrogens with zero attached hydrogens (tertiary/aromatic N) is 1. The number of aliphatic hydroxyl groups is 1. The van der Waals surface area contributed by atoms with Crippen molar-refractivity contribution in [1.82, 2.24) is 4.90 Å². The average molecular weight is 540 g/mol. The van der Waals surface area contributed by atoms with E-state index in [1.807, 2.05) is 96.8 Å². The molecule has 0 spiro atoms. The van der Waals surface area contributed by atoms with Crippen molar-refractivity contribution < 1.29 is 23.8 Å². The number of halogens is 1. The van der Waals surface area contributed by atoms with Gasteiger partial charge in [-0.1, -0.05) is 84.9 Å². The van der Waals surface area contributed by atoms with Crippen LogP contribution >= 0.6 is 0 Å². The minimum atomic E-state index is -1.46. The molecular weight excluding hydrogens is 505 g/mol. The number of hydrogen-bond donors (Lipinski definition) is 1. The Hall–Kier alpha value is -4.00. The largest absolute Gasteiger partial charge is 0.489 e. The third kappa shape index (κ3) is 5.64. The number of hydrogen-bond acceptors (Lipinski definition) is 5. The smallest absolute Gasteiger partial charge is 0.310 e. The molecule has 1 fully saturated rings. The van der Waals surface area contributed by atoms with Crippen LogP contribution in [0.15, 0.2) is 109 Å². The molecule has 5 nitrogen and oxygen atoms in total. The van der Waals surface area contributed by atoms with Gasteiger partial charge in [-0.2, -0.15) is 0 Å². The van der Waals surface area contributed by atoms with E-state index >= 15 is 0 Å². The Kier molecular flexibility index (Phi) is 8.29. The predicted octanol–water partition coefficient (Wildman–Crippen LogP) is 6.94. The first kappa shape index (κ1) is 27.6. The second-order valence-corrected chi connectivity index (χ2v) is 10.3. The van der Waals surface area contributed by atoms with E-state index in [-0.39, 0.29) is 24.2 Å². The lowest BCUT2D eigenvalue weighted by atomic mass is 9.76. The van der Waals surface area contributed by atoms with Crippen LogP contribution < -0.4 is 4.74 Å². The van der Waals surface area contributed by atoms with E-state index in [4.69, 9.17) is 9.47 Å². The maximum Gasteiger partial charge on any atom is 0.310 e. The van der Waals surface area contributed by atoms with Gasteiger partial charge in [-0.25, -0.2) is 4.39 Å². The van der Waals surface area contributed by atoms with Crippen LogP contribution in [0.25, 0.3) is 0 Å². The molecule has 4 aromatic rings. The monoisotopic (exact) mass is 539 g/mol. The van der Waals surface area contributed by atoms with E-state index in [0.29, 0.717) is 24.3 Å². The Labute approximate surface area is 234 Å². The van der Waals surface area contributed by atoms with E-state index in [2.05, 4.69) is 0 Å². The van der Waals surface area contributed by atoms with E-state index in [9.17, 15) is 14.3 Å². The molecule has 40 heavy (non-hydrogen) atoms. The highest BCUT2D eigenvalue weighted by Crippen LogP contribution is 2.52. The number of esters is 1. The number of piperidine rings is 1. The molecule has 0 aliphatic carbocycles. The molecular formula is C34H34FNO4. The van der Waals surface area contributed by atoms with Gasteiger partial charge >= 0.3 is 5.97 Å². The Balaban J connectivity index is 1.56. The first-order chi connectivity index (χ1) is 19.4. The Bertz CT molecular complexity index is 1400. The van der Waals surface area contributed by atoms with Crippen molar-refractivity contribution >= 4 is 5.97 Å². The van der Waals surface area contributed by atoms with Crippen LogP contribution in [0.3, 0.4) is 0 Å². The fraction of sp³-hybridized carbons (Fsp3) is 0.265. The van der Waals surface area contributed by atoms with Gasteiger partial charge in [-0.3, -0.25) is 9.69 Å². The minimum absolute atomic E-state index is 0.282. The molecule has 0 amide bonds. The molecule has 206 valence electrons. The molecule has 5 rings (SSSR count). The summed E-state index contributed by atoms with van der Waals surface area (Å²) < 4.78 is 25.2. The van der Waals surface area contributed by atoms with Crippen LogP contribution in [-0.4, -0.2) is 23.1 Å². The van der Waals surface area contributed by atoms with Crippen LogP contribution in [0, 0.1) is 11.7 Å². The van der Waals surface area contributed by atoms with Gasteiger partial charge < -0.3 is 14.6 Å². The van der Waals surface area contributed by atoms with Crippen LogP contribution in [-0.2, 0) is 21.9 Å². The fourth-order valence-corrected chi connectivity index (χ4v) is 5.82. The van der Waals surface area contributed by atoms with Crippen LogP contribution in [0.5, 0.6) is 5.75 Å². The SMILES string of the molecule is COC(=O)[C@H]1CCC(O)(c2ccc(F)cc2)N([C@H](C)c2ccccc2)[C@@H]1c1ccc(OCc2ccccc2)cc1. The summed E-state index contributed by atoms with van der Waals surface area (Å²) in [5, 5.41) is 12.4. The van der Waals surface area contributed by atoms with Crippen molar-refractivity contribution in [1.29, 1.82) is 0 Å². The van der Waals surface area contributed by atoms with Gasteiger partial charge in [0.05, 0.1) is 19.1 Å². The Morgan fingerprint density at radius 1 is 0.950 bits per heavy atom. The normalized spacial score (nSPS) is 21.9. The zero-order valence-corrected chi connectivity index (χ0v) is 22.7. The molecule has 1 N–H and O–H groups in total. The van der Waals surface area contributed by atoms with E-state index < -0.39 is 17.7 Å². The van der Waals surface area contributed by atoms with Gasteiger partial charge in [0.2, 0.25) is 0 Å². The summed E-state index contributed by atoms with van der Waals surface area (Å²) in [7, 11) is 1.39. The molecule has 0 radical (unpaired) electrons. The van der Waals surface area contributed by atoms with Gasteiger partial charge in [0.25, 0.3) is 0 Å². The maximum atomic E-state index is 13.9. The van der Waals surface area contributed by atoms with Crippen molar-refractivity contribution in [2.24, 2.45) is 5.92 Å². The second-order valence-electron chi connectivity index (χ2n) is 10.3. The highest BCUT2D eigenvalue weighted by Gasteiger charge is 2.52. The molecule has 1 heterocycles. The quantitative estimate of drug-likeness (QED) is 0.246. The van der Waals surface area contributed by atoms with Crippen molar-refractivity contribution in [2.75, 3.05) is 7.11 Å². The topological polar surface area (TPSA) is 59.0 Å². The number of carbonyl (C=O) groups is 1. The lowest BCUT2D eigenvalue weighted by Gasteiger charge is -2.53. The lowest BCUT2D eigenvalue weighted by molar-refractivity contribution is -0.205. The molecule has 1 aliphatic rings. The average Bonchev–Trinajstić information content (AvgIpc) is 3.00. The second kappa shape index (κ2) is 12.0.